The van der Waals surface area contributed by atoms with Gasteiger partial charge in [-0.15, -0.1) is 0 Å². The monoisotopic (exact) mass is 399 g/mol. The molecule has 2 rings (SSSR count). The Morgan fingerprint density at radius 2 is 1.85 bits per heavy atom. The number of ether oxygens (including phenoxy) is 1. The van der Waals surface area contributed by atoms with Crippen LogP contribution in [0.15, 0.2) is 29.3 Å². The van der Waals surface area contributed by atoms with Crippen molar-refractivity contribution in [3.8, 4) is 0 Å². The Balaban J connectivity index is 2.32. The molecule has 1 aromatic carbocycles. The third kappa shape index (κ3) is 4.99. The zero-order valence-corrected chi connectivity index (χ0v) is 15.7. The van der Waals surface area contributed by atoms with E-state index < -0.39 is 23.9 Å². The van der Waals surface area contributed by atoms with Crippen LogP contribution in [0.2, 0.25) is 10.0 Å². The van der Waals surface area contributed by atoms with Gasteiger partial charge < -0.3 is 15.2 Å². The lowest BCUT2D eigenvalue weighted by Crippen LogP contribution is -2.33. The van der Waals surface area contributed by atoms with Crippen LogP contribution in [-0.4, -0.2) is 30.1 Å². The van der Waals surface area contributed by atoms with Gasteiger partial charge in [0.1, 0.15) is 0 Å². The average molecular weight is 400 g/mol. The van der Waals surface area contributed by atoms with Crippen LogP contribution in [0.3, 0.4) is 0 Å². The number of aliphatic carboxylic acids is 1. The van der Waals surface area contributed by atoms with E-state index in [-0.39, 0.29) is 17.6 Å². The van der Waals surface area contributed by atoms with Crippen molar-refractivity contribution in [2.45, 2.75) is 38.1 Å². The van der Waals surface area contributed by atoms with Gasteiger partial charge in [0.15, 0.2) is 0 Å². The van der Waals surface area contributed by atoms with Crippen LogP contribution in [0.4, 0.5) is 0 Å². The fraction of sp³-hybridized carbons (Fsp3) is 0.389. The Labute approximate surface area is 161 Å². The zero-order valence-electron chi connectivity index (χ0n) is 14.2. The van der Waals surface area contributed by atoms with Gasteiger partial charge in [-0.05, 0) is 43.4 Å². The molecule has 0 radical (unpaired) electrons. The third-order valence-electron chi connectivity index (χ3n) is 4.24. The molecule has 0 bridgehead atoms. The molecule has 0 heterocycles. The van der Waals surface area contributed by atoms with Crippen molar-refractivity contribution in [2.75, 3.05) is 7.11 Å². The van der Waals surface area contributed by atoms with Gasteiger partial charge in [0, 0.05) is 21.2 Å². The maximum atomic E-state index is 12.7. The second kappa shape index (κ2) is 9.05. The van der Waals surface area contributed by atoms with Crippen molar-refractivity contribution in [2.24, 2.45) is 0 Å². The van der Waals surface area contributed by atoms with Gasteiger partial charge in [0.05, 0.1) is 19.6 Å². The number of nitrogens with one attached hydrogen (secondary N) is 1. The molecule has 0 spiro atoms. The minimum atomic E-state index is -1.09. The first-order valence-corrected chi connectivity index (χ1v) is 8.87. The second-order valence-electron chi connectivity index (χ2n) is 5.94. The average Bonchev–Trinajstić information content (AvgIpc) is 2.61. The number of esters is 1. The van der Waals surface area contributed by atoms with E-state index in [1.54, 1.807) is 12.1 Å². The van der Waals surface area contributed by atoms with Crippen LogP contribution < -0.4 is 5.32 Å². The molecule has 0 aliphatic heterocycles. The molecule has 0 saturated heterocycles. The minimum absolute atomic E-state index is 0.118. The molecule has 1 aliphatic carbocycles. The first-order valence-electron chi connectivity index (χ1n) is 8.11. The summed E-state index contributed by atoms with van der Waals surface area (Å²) in [5.41, 5.74) is 0.861. The number of benzene rings is 1. The van der Waals surface area contributed by atoms with Gasteiger partial charge in [-0.3, -0.25) is 9.59 Å². The Bertz CT molecular complexity index is 760. The van der Waals surface area contributed by atoms with Crippen molar-refractivity contribution < 1.29 is 24.2 Å². The van der Waals surface area contributed by atoms with E-state index in [1.165, 1.54) is 13.2 Å². The molecule has 26 heavy (non-hydrogen) atoms. The molecule has 2 N–H and O–H groups in total. The summed E-state index contributed by atoms with van der Waals surface area (Å²) in [6.45, 7) is 0. The second-order valence-corrected chi connectivity index (χ2v) is 6.79. The van der Waals surface area contributed by atoms with Crippen LogP contribution in [0.1, 0.15) is 43.7 Å². The van der Waals surface area contributed by atoms with E-state index in [4.69, 9.17) is 23.2 Å². The van der Waals surface area contributed by atoms with Gasteiger partial charge in [-0.2, -0.15) is 0 Å². The normalized spacial score (nSPS) is 15.3. The lowest BCUT2D eigenvalue weighted by Gasteiger charge is -2.23. The first kappa shape index (κ1) is 20.3. The lowest BCUT2D eigenvalue weighted by molar-refractivity contribution is -0.141. The summed E-state index contributed by atoms with van der Waals surface area (Å²) in [4.78, 5) is 35.8. The number of methoxy groups -OCH3 is 1. The minimum Gasteiger partial charge on any atom is -0.478 e. The predicted molar refractivity (Wildman–Crippen MR) is 97.1 cm³/mol. The molecule has 8 heteroatoms. The van der Waals surface area contributed by atoms with Gasteiger partial charge in [0.2, 0.25) is 5.91 Å². The summed E-state index contributed by atoms with van der Waals surface area (Å²) in [5, 5.41) is 12.8. The fourth-order valence-electron chi connectivity index (χ4n) is 2.91. The van der Waals surface area contributed by atoms with Crippen molar-refractivity contribution in [1.82, 2.24) is 5.32 Å². The highest BCUT2D eigenvalue weighted by molar-refractivity contribution is 6.35. The summed E-state index contributed by atoms with van der Waals surface area (Å²) in [6.07, 6.45) is 2.06. The number of rotatable bonds is 6. The molecule has 6 nitrogen and oxygen atoms in total. The van der Waals surface area contributed by atoms with Crippen LogP contribution in [0.5, 0.6) is 0 Å². The van der Waals surface area contributed by atoms with Gasteiger partial charge >= 0.3 is 11.9 Å². The summed E-state index contributed by atoms with van der Waals surface area (Å²) in [6, 6.07) is 3.97. The topological polar surface area (TPSA) is 92.7 Å². The van der Waals surface area contributed by atoms with E-state index >= 15 is 0 Å². The molecule has 0 fully saturated rings. The van der Waals surface area contributed by atoms with Crippen molar-refractivity contribution >= 4 is 41.0 Å². The van der Waals surface area contributed by atoms with Gasteiger partial charge in [-0.1, -0.05) is 29.3 Å². The molecule has 0 aromatic heterocycles. The highest BCUT2D eigenvalue weighted by atomic mass is 35.5. The number of carbonyl (C=O) groups excluding carboxylic acids is 2. The lowest BCUT2D eigenvalue weighted by atomic mass is 9.90. The molecule has 0 unspecified atom stereocenters. The van der Waals surface area contributed by atoms with Crippen molar-refractivity contribution in [1.29, 1.82) is 0 Å². The molecule has 1 atom stereocenters. The van der Waals surface area contributed by atoms with Crippen LogP contribution in [-0.2, 0) is 19.1 Å². The van der Waals surface area contributed by atoms with Gasteiger partial charge in [0.25, 0.3) is 0 Å². The quantitative estimate of drug-likeness (QED) is 0.711. The van der Waals surface area contributed by atoms with Gasteiger partial charge in [-0.25, -0.2) is 4.79 Å². The number of hydrogen-bond acceptors (Lipinski definition) is 4. The van der Waals surface area contributed by atoms with Crippen LogP contribution in [0.25, 0.3) is 0 Å². The largest absolute Gasteiger partial charge is 0.478 e. The number of hydrogen-bond donors (Lipinski definition) is 2. The molecule has 0 saturated carbocycles. The smallest absolute Gasteiger partial charge is 0.332 e. The third-order valence-corrected chi connectivity index (χ3v) is 4.80. The summed E-state index contributed by atoms with van der Waals surface area (Å²) in [7, 11) is 1.25. The number of amides is 1. The number of halogens is 2. The number of carboxylic acids is 1. The Hall–Kier alpha value is -2.05. The number of carboxylic acid groups (broad SMARTS) is 1. The molecule has 1 aromatic rings. The maximum Gasteiger partial charge on any atom is 0.332 e. The Kier molecular flexibility index (Phi) is 7.06. The maximum absolute atomic E-state index is 12.7. The fourth-order valence-corrected chi connectivity index (χ4v) is 3.45. The Morgan fingerprint density at radius 1 is 1.19 bits per heavy atom. The van der Waals surface area contributed by atoms with Crippen LogP contribution in [0, 0.1) is 0 Å². The van der Waals surface area contributed by atoms with E-state index in [0.717, 1.165) is 12.8 Å². The zero-order chi connectivity index (χ0) is 19.3. The Morgan fingerprint density at radius 3 is 2.42 bits per heavy atom. The SMILES string of the molecule is COC(=O)C[C@H](NC(=O)C1=C(C(=O)O)CCCC1)c1ccc(Cl)cc1Cl. The molecule has 140 valence electrons. The molecular formula is C18H19Cl2NO5. The standard InChI is InChI=1S/C18H19Cl2NO5/c1-26-16(22)9-15(13-7-6-10(19)8-14(13)20)21-17(23)11-4-2-3-5-12(11)18(24)25/h6-8,15H,2-5,9H2,1H3,(H,21,23)(H,24,25)/t15-/m0/s1. The van der Waals surface area contributed by atoms with Crippen LogP contribution >= 0.6 is 23.2 Å². The molecular weight excluding hydrogens is 381 g/mol. The highest BCUT2D eigenvalue weighted by Crippen LogP contribution is 2.30. The predicted octanol–water partition coefficient (Wildman–Crippen LogP) is 3.67. The molecule has 1 aliphatic rings. The van der Waals surface area contributed by atoms with Crippen molar-refractivity contribution in [3.63, 3.8) is 0 Å². The van der Waals surface area contributed by atoms with Crippen molar-refractivity contribution in [3.05, 3.63) is 45.0 Å². The van der Waals surface area contributed by atoms with E-state index in [1.807, 2.05) is 0 Å². The highest BCUT2D eigenvalue weighted by Gasteiger charge is 2.27. The summed E-state index contributed by atoms with van der Waals surface area (Å²) in [5.74, 6) is -2.14. The van der Waals surface area contributed by atoms with E-state index in [0.29, 0.717) is 28.5 Å². The first-order chi connectivity index (χ1) is 12.3. The summed E-state index contributed by atoms with van der Waals surface area (Å²) >= 11 is 12.1. The van der Waals surface area contributed by atoms with E-state index in [9.17, 15) is 19.5 Å². The summed E-state index contributed by atoms with van der Waals surface area (Å²) < 4.78 is 4.69. The number of carbonyl (C=O) groups is 3. The molecule has 1 amide bonds. The van der Waals surface area contributed by atoms with E-state index in [2.05, 4.69) is 10.1 Å².